The molecule has 30 heavy (non-hydrogen) atoms. The quantitative estimate of drug-likeness (QED) is 0.559. The number of benzene rings is 1. The Labute approximate surface area is 170 Å². The number of nitrogens with zero attached hydrogens (tertiary/aromatic N) is 4. The minimum atomic E-state index is -0.987. The van der Waals surface area contributed by atoms with Gasteiger partial charge in [0.15, 0.2) is 0 Å². The maximum atomic E-state index is 13.1. The number of fused-ring (bicyclic) bond motifs is 1. The number of nitrogens with one attached hydrogen (secondary N) is 3. The van der Waals surface area contributed by atoms with Gasteiger partial charge in [-0.15, -0.1) is 5.10 Å². The Hall–Kier alpha value is -3.60. The maximum absolute atomic E-state index is 13.1. The van der Waals surface area contributed by atoms with Crippen molar-refractivity contribution in [1.29, 1.82) is 0 Å². The molecule has 5 rings (SSSR count). The topological polar surface area (TPSA) is 138 Å². The van der Waals surface area contributed by atoms with Crippen molar-refractivity contribution >= 4 is 29.3 Å². The van der Waals surface area contributed by atoms with Crippen LogP contribution in [0.2, 0.25) is 0 Å². The third kappa shape index (κ3) is 2.94. The molecule has 11 heteroatoms. The van der Waals surface area contributed by atoms with Crippen LogP contribution in [-0.2, 0) is 16.1 Å². The van der Waals surface area contributed by atoms with E-state index in [1.807, 2.05) is 10.9 Å². The van der Waals surface area contributed by atoms with E-state index in [-0.39, 0.29) is 24.0 Å². The smallest absolute Gasteiger partial charge is 0.264 e. The van der Waals surface area contributed by atoms with Gasteiger partial charge in [-0.3, -0.25) is 29.4 Å². The van der Waals surface area contributed by atoms with Crippen LogP contribution in [0.15, 0.2) is 24.4 Å². The molecule has 154 valence electrons. The number of anilines is 1. The molecule has 1 atom stereocenters. The van der Waals surface area contributed by atoms with E-state index < -0.39 is 29.7 Å². The van der Waals surface area contributed by atoms with Gasteiger partial charge < -0.3 is 10.6 Å². The van der Waals surface area contributed by atoms with E-state index in [4.69, 9.17) is 0 Å². The molecule has 1 aromatic carbocycles. The van der Waals surface area contributed by atoms with Gasteiger partial charge in [-0.1, -0.05) is 11.3 Å². The number of carbonyl (C=O) groups is 4. The lowest BCUT2D eigenvalue weighted by Gasteiger charge is -2.27. The monoisotopic (exact) mass is 409 g/mol. The van der Waals surface area contributed by atoms with Gasteiger partial charge in [0.2, 0.25) is 11.8 Å². The molecule has 3 aliphatic heterocycles. The molecular weight excluding hydrogens is 390 g/mol. The second-order valence-electron chi connectivity index (χ2n) is 7.53. The highest BCUT2D eigenvalue weighted by Crippen LogP contribution is 2.32. The van der Waals surface area contributed by atoms with Gasteiger partial charge >= 0.3 is 0 Å². The maximum Gasteiger partial charge on any atom is 0.264 e. The molecule has 1 aromatic heterocycles. The number of hydrogen-bond donors (Lipinski definition) is 3. The first-order valence-electron chi connectivity index (χ1n) is 9.73. The summed E-state index contributed by atoms with van der Waals surface area (Å²) in [5, 5.41) is 16.8. The van der Waals surface area contributed by atoms with Crippen LogP contribution in [0, 0.1) is 0 Å². The summed E-state index contributed by atoms with van der Waals surface area (Å²) in [4.78, 5) is 50.5. The Kier molecular flexibility index (Phi) is 4.31. The Morgan fingerprint density at radius 2 is 1.97 bits per heavy atom. The first kappa shape index (κ1) is 18.4. The van der Waals surface area contributed by atoms with Gasteiger partial charge in [0.05, 0.1) is 29.9 Å². The predicted molar refractivity (Wildman–Crippen MR) is 102 cm³/mol. The third-order valence-electron chi connectivity index (χ3n) is 5.62. The van der Waals surface area contributed by atoms with Gasteiger partial charge in [-0.25, -0.2) is 4.68 Å². The zero-order chi connectivity index (χ0) is 20.8. The van der Waals surface area contributed by atoms with Crippen LogP contribution < -0.4 is 16.0 Å². The number of imide groups is 2. The summed E-state index contributed by atoms with van der Waals surface area (Å²) in [7, 11) is 0. The highest BCUT2D eigenvalue weighted by Gasteiger charge is 2.45. The molecule has 4 amide bonds. The zero-order valence-electron chi connectivity index (χ0n) is 15.9. The average Bonchev–Trinajstić information content (AvgIpc) is 3.23. The number of piperidine rings is 1. The van der Waals surface area contributed by atoms with E-state index in [2.05, 4.69) is 26.3 Å². The minimum Gasteiger partial charge on any atom is -0.379 e. The molecule has 0 aliphatic carbocycles. The van der Waals surface area contributed by atoms with Crippen LogP contribution in [0.4, 0.5) is 5.69 Å². The van der Waals surface area contributed by atoms with E-state index in [1.54, 1.807) is 18.2 Å². The van der Waals surface area contributed by atoms with E-state index in [0.29, 0.717) is 24.0 Å². The fourth-order valence-corrected chi connectivity index (χ4v) is 3.88. The fraction of sp³-hybridized carbons (Fsp3) is 0.368. The highest BCUT2D eigenvalue weighted by molar-refractivity contribution is 6.25. The van der Waals surface area contributed by atoms with Gasteiger partial charge in [0.25, 0.3) is 11.8 Å². The molecule has 2 saturated heterocycles. The average molecular weight is 409 g/mol. The van der Waals surface area contributed by atoms with E-state index in [1.165, 1.54) is 0 Å². The normalized spacial score (nSPS) is 21.5. The van der Waals surface area contributed by atoms with Crippen molar-refractivity contribution in [1.82, 2.24) is 30.5 Å². The van der Waals surface area contributed by atoms with Gasteiger partial charge in [-0.05, 0) is 18.6 Å². The van der Waals surface area contributed by atoms with Crippen LogP contribution in [0.1, 0.15) is 45.3 Å². The first-order valence-corrected chi connectivity index (χ1v) is 9.73. The molecule has 4 heterocycles. The Bertz CT molecular complexity index is 1070. The minimum absolute atomic E-state index is 0.0844. The Balaban J connectivity index is 1.36. The van der Waals surface area contributed by atoms with Crippen molar-refractivity contribution in [2.75, 3.05) is 18.4 Å². The lowest BCUT2D eigenvalue weighted by molar-refractivity contribution is -0.136. The van der Waals surface area contributed by atoms with Crippen molar-refractivity contribution in [2.24, 2.45) is 0 Å². The van der Waals surface area contributed by atoms with E-state index in [9.17, 15) is 19.2 Å². The Morgan fingerprint density at radius 1 is 1.13 bits per heavy atom. The van der Waals surface area contributed by atoms with E-state index >= 15 is 0 Å². The van der Waals surface area contributed by atoms with Crippen molar-refractivity contribution in [2.45, 2.75) is 31.5 Å². The van der Waals surface area contributed by atoms with Crippen molar-refractivity contribution < 1.29 is 19.2 Å². The summed E-state index contributed by atoms with van der Waals surface area (Å²) in [6.07, 6.45) is 2.06. The fourth-order valence-electron chi connectivity index (χ4n) is 3.88. The second-order valence-corrected chi connectivity index (χ2v) is 7.53. The van der Waals surface area contributed by atoms with Crippen LogP contribution in [-0.4, -0.2) is 62.7 Å². The molecule has 3 N–H and O–H groups in total. The number of amides is 4. The molecule has 0 saturated carbocycles. The van der Waals surface area contributed by atoms with Gasteiger partial charge in [0, 0.05) is 25.2 Å². The van der Waals surface area contributed by atoms with Crippen LogP contribution in [0.5, 0.6) is 0 Å². The number of hydrogen-bond acceptors (Lipinski definition) is 8. The zero-order valence-corrected chi connectivity index (χ0v) is 15.9. The molecule has 0 spiro atoms. The standard InChI is InChI=1S/C19H19N7O4/c27-15-5-4-14(17(28)22-15)26-18(29)12-2-1-3-13(16(12)19(26)30)21-6-10-9-25(24-23-10)11-7-20-8-11/h1-3,9,11,14,20-21H,4-8H2,(H,22,27,28). The summed E-state index contributed by atoms with van der Waals surface area (Å²) in [5.41, 5.74) is 1.65. The molecule has 1 unspecified atom stereocenters. The molecule has 2 aromatic rings. The summed E-state index contributed by atoms with van der Waals surface area (Å²) in [6.45, 7) is 2.04. The van der Waals surface area contributed by atoms with Crippen molar-refractivity contribution in [3.05, 3.63) is 41.2 Å². The molecular formula is C19H19N7O4. The van der Waals surface area contributed by atoms with Crippen LogP contribution in [0.3, 0.4) is 0 Å². The number of carbonyl (C=O) groups excluding carboxylic acids is 4. The SMILES string of the molecule is O=C1CCC(N2C(=O)c3cccc(NCc4cn(C5CNC5)nn4)c3C2=O)C(=O)N1. The van der Waals surface area contributed by atoms with Crippen molar-refractivity contribution in [3.8, 4) is 0 Å². The first-order chi connectivity index (χ1) is 14.5. The second kappa shape index (κ2) is 7.02. The van der Waals surface area contributed by atoms with Gasteiger partial charge in [-0.2, -0.15) is 0 Å². The summed E-state index contributed by atoms with van der Waals surface area (Å²) in [5.74, 6) is -2.10. The molecule has 3 aliphatic rings. The van der Waals surface area contributed by atoms with Crippen LogP contribution in [0.25, 0.3) is 0 Å². The molecule has 0 radical (unpaired) electrons. The lowest BCUT2D eigenvalue weighted by Crippen LogP contribution is -2.54. The highest BCUT2D eigenvalue weighted by atomic mass is 16.2. The lowest BCUT2D eigenvalue weighted by atomic mass is 10.0. The molecule has 11 nitrogen and oxygen atoms in total. The van der Waals surface area contributed by atoms with E-state index in [0.717, 1.165) is 18.0 Å². The molecule has 2 fully saturated rings. The third-order valence-corrected chi connectivity index (χ3v) is 5.62. The number of rotatable bonds is 5. The molecule has 0 bridgehead atoms. The summed E-state index contributed by atoms with van der Waals surface area (Å²) < 4.78 is 1.81. The van der Waals surface area contributed by atoms with Crippen molar-refractivity contribution in [3.63, 3.8) is 0 Å². The Morgan fingerprint density at radius 3 is 2.70 bits per heavy atom. The summed E-state index contributed by atoms with van der Waals surface area (Å²) >= 11 is 0. The predicted octanol–water partition coefficient (Wildman–Crippen LogP) is -0.564. The summed E-state index contributed by atoms with van der Waals surface area (Å²) in [6, 6.07) is 4.26. The van der Waals surface area contributed by atoms with Gasteiger partial charge in [0.1, 0.15) is 11.7 Å². The number of aromatic nitrogens is 3. The largest absolute Gasteiger partial charge is 0.379 e. The van der Waals surface area contributed by atoms with Crippen LogP contribution >= 0.6 is 0 Å².